The van der Waals surface area contributed by atoms with Gasteiger partial charge in [0, 0.05) is 24.2 Å². The predicted molar refractivity (Wildman–Crippen MR) is 68.2 cm³/mol. The fourth-order valence-corrected chi connectivity index (χ4v) is 1.86. The van der Waals surface area contributed by atoms with Crippen molar-refractivity contribution in [1.29, 1.82) is 0 Å². The van der Waals surface area contributed by atoms with E-state index in [1.165, 1.54) is 6.07 Å². The number of hydrogen-bond acceptors (Lipinski definition) is 4. The zero-order chi connectivity index (χ0) is 13.1. The Bertz CT molecular complexity index is 547. The molecule has 2 rings (SSSR count). The van der Waals surface area contributed by atoms with E-state index in [2.05, 4.69) is 0 Å². The third-order valence-electron chi connectivity index (χ3n) is 2.62. The molecule has 5 heteroatoms. The van der Waals surface area contributed by atoms with Crippen LogP contribution in [0.25, 0.3) is 11.1 Å². The van der Waals surface area contributed by atoms with E-state index in [9.17, 15) is 10.1 Å². The van der Waals surface area contributed by atoms with Crippen LogP contribution in [0, 0.1) is 10.1 Å². The summed E-state index contributed by atoms with van der Waals surface area (Å²) in [4.78, 5) is 12.4. The Hall–Kier alpha value is -2.14. The maximum absolute atomic E-state index is 10.8. The molecule has 0 N–H and O–H groups in total. The van der Waals surface area contributed by atoms with Gasteiger partial charge in [0.15, 0.2) is 0 Å². The van der Waals surface area contributed by atoms with E-state index >= 15 is 0 Å². The minimum atomic E-state index is -0.377. The minimum Gasteiger partial charge on any atom is -0.472 e. The van der Waals surface area contributed by atoms with Crippen molar-refractivity contribution >= 4 is 5.69 Å². The summed E-state index contributed by atoms with van der Waals surface area (Å²) in [6, 6.07) is 6.74. The fraction of sp³-hybridized carbons (Fsp3) is 0.231. The van der Waals surface area contributed by atoms with E-state index < -0.39 is 0 Å². The standard InChI is InChI=1S/C13H14N2O3/c1-14(2)8-11-7-12(15(16)17)3-4-13(11)10-5-6-18-9-10/h3-7,9H,8H2,1-2H3. The van der Waals surface area contributed by atoms with Crippen molar-refractivity contribution in [1.82, 2.24) is 4.90 Å². The lowest BCUT2D eigenvalue weighted by atomic mass is 10.0. The summed E-state index contributed by atoms with van der Waals surface area (Å²) in [5.74, 6) is 0. The van der Waals surface area contributed by atoms with Gasteiger partial charge in [0.05, 0.1) is 17.4 Å². The summed E-state index contributed by atoms with van der Waals surface area (Å²) >= 11 is 0. The summed E-state index contributed by atoms with van der Waals surface area (Å²) in [5, 5.41) is 10.8. The molecule has 94 valence electrons. The molecule has 1 heterocycles. The van der Waals surface area contributed by atoms with Crippen LogP contribution in [0.15, 0.2) is 41.2 Å². The number of nitrogens with zero attached hydrogens (tertiary/aromatic N) is 2. The molecule has 0 bridgehead atoms. The van der Waals surface area contributed by atoms with E-state index in [0.29, 0.717) is 6.54 Å². The molecule has 0 saturated carbocycles. The lowest BCUT2D eigenvalue weighted by Crippen LogP contribution is -2.11. The summed E-state index contributed by atoms with van der Waals surface area (Å²) in [5.41, 5.74) is 2.92. The van der Waals surface area contributed by atoms with Gasteiger partial charge in [-0.25, -0.2) is 0 Å². The lowest BCUT2D eigenvalue weighted by Gasteiger charge is -2.13. The number of nitro benzene ring substituents is 1. The van der Waals surface area contributed by atoms with Gasteiger partial charge in [-0.2, -0.15) is 0 Å². The zero-order valence-corrected chi connectivity index (χ0v) is 10.3. The number of hydrogen-bond donors (Lipinski definition) is 0. The third-order valence-corrected chi connectivity index (χ3v) is 2.62. The van der Waals surface area contributed by atoms with Crippen molar-refractivity contribution < 1.29 is 9.34 Å². The van der Waals surface area contributed by atoms with Crippen LogP contribution >= 0.6 is 0 Å². The van der Waals surface area contributed by atoms with E-state index in [1.54, 1.807) is 24.7 Å². The molecule has 0 saturated heterocycles. The number of nitro groups is 1. The molecule has 18 heavy (non-hydrogen) atoms. The van der Waals surface area contributed by atoms with Crippen molar-refractivity contribution in [2.45, 2.75) is 6.54 Å². The topological polar surface area (TPSA) is 59.5 Å². The highest BCUT2D eigenvalue weighted by molar-refractivity contribution is 5.68. The second-order valence-corrected chi connectivity index (χ2v) is 4.35. The normalized spacial score (nSPS) is 10.8. The molecule has 0 radical (unpaired) electrons. The van der Waals surface area contributed by atoms with Crippen LogP contribution in [0.2, 0.25) is 0 Å². The van der Waals surface area contributed by atoms with Crippen LogP contribution in [0.1, 0.15) is 5.56 Å². The maximum atomic E-state index is 10.8. The highest BCUT2D eigenvalue weighted by Crippen LogP contribution is 2.28. The highest BCUT2D eigenvalue weighted by atomic mass is 16.6. The second-order valence-electron chi connectivity index (χ2n) is 4.35. The quantitative estimate of drug-likeness (QED) is 0.614. The first-order valence-electron chi connectivity index (χ1n) is 5.52. The van der Waals surface area contributed by atoms with Gasteiger partial charge in [-0.1, -0.05) is 0 Å². The van der Waals surface area contributed by atoms with Crippen LogP contribution in [0.5, 0.6) is 0 Å². The number of benzene rings is 1. The molecule has 5 nitrogen and oxygen atoms in total. The predicted octanol–water partition coefficient (Wildman–Crippen LogP) is 2.92. The van der Waals surface area contributed by atoms with Crippen molar-refractivity contribution in [3.8, 4) is 11.1 Å². The SMILES string of the molecule is CN(C)Cc1cc([N+](=O)[O-])ccc1-c1ccoc1. The Balaban J connectivity index is 2.48. The van der Waals surface area contributed by atoms with Gasteiger partial charge in [0.25, 0.3) is 5.69 Å². The van der Waals surface area contributed by atoms with Gasteiger partial charge in [0.2, 0.25) is 0 Å². The summed E-state index contributed by atoms with van der Waals surface area (Å²) < 4.78 is 5.06. The molecule has 0 aliphatic rings. The first-order chi connectivity index (χ1) is 8.58. The van der Waals surface area contributed by atoms with E-state index in [0.717, 1.165) is 16.7 Å². The highest BCUT2D eigenvalue weighted by Gasteiger charge is 2.13. The molecule has 1 aromatic heterocycles. The Kier molecular flexibility index (Phi) is 3.43. The van der Waals surface area contributed by atoms with Gasteiger partial charge in [0.1, 0.15) is 0 Å². The summed E-state index contributed by atoms with van der Waals surface area (Å²) in [6.07, 6.45) is 3.23. The summed E-state index contributed by atoms with van der Waals surface area (Å²) in [7, 11) is 3.86. The van der Waals surface area contributed by atoms with Gasteiger partial charge >= 0.3 is 0 Å². The lowest BCUT2D eigenvalue weighted by molar-refractivity contribution is -0.384. The third kappa shape index (κ3) is 2.57. The van der Waals surface area contributed by atoms with Gasteiger partial charge in [-0.15, -0.1) is 0 Å². The first kappa shape index (κ1) is 12.3. The maximum Gasteiger partial charge on any atom is 0.269 e. The molecule has 1 aromatic carbocycles. The van der Waals surface area contributed by atoms with Crippen LogP contribution in [-0.4, -0.2) is 23.9 Å². The van der Waals surface area contributed by atoms with E-state index in [-0.39, 0.29) is 10.6 Å². The van der Waals surface area contributed by atoms with Crippen LogP contribution in [-0.2, 0) is 6.54 Å². The molecule has 0 aliphatic carbocycles. The molecular formula is C13H14N2O3. The van der Waals surface area contributed by atoms with Crippen molar-refractivity contribution in [2.75, 3.05) is 14.1 Å². The van der Waals surface area contributed by atoms with Crippen LogP contribution in [0.4, 0.5) is 5.69 Å². The largest absolute Gasteiger partial charge is 0.472 e. The molecular weight excluding hydrogens is 232 g/mol. The Labute approximate surface area is 105 Å². The molecule has 2 aromatic rings. The second kappa shape index (κ2) is 5.01. The van der Waals surface area contributed by atoms with Crippen LogP contribution < -0.4 is 0 Å². The number of furan rings is 1. The van der Waals surface area contributed by atoms with Gasteiger partial charge < -0.3 is 9.32 Å². The Morgan fingerprint density at radius 2 is 2.11 bits per heavy atom. The van der Waals surface area contributed by atoms with Gasteiger partial charge in [-0.3, -0.25) is 10.1 Å². The van der Waals surface area contributed by atoms with E-state index in [1.807, 2.05) is 25.1 Å². The average molecular weight is 246 g/mol. The molecule has 0 amide bonds. The molecule has 0 unspecified atom stereocenters. The van der Waals surface area contributed by atoms with E-state index in [4.69, 9.17) is 4.42 Å². The monoisotopic (exact) mass is 246 g/mol. The van der Waals surface area contributed by atoms with Gasteiger partial charge in [-0.05, 0) is 37.4 Å². The minimum absolute atomic E-state index is 0.110. The summed E-state index contributed by atoms with van der Waals surface area (Å²) in [6.45, 7) is 0.641. The number of rotatable bonds is 4. The molecule has 0 atom stereocenters. The van der Waals surface area contributed by atoms with Crippen molar-refractivity contribution in [3.63, 3.8) is 0 Å². The smallest absolute Gasteiger partial charge is 0.269 e. The van der Waals surface area contributed by atoms with Crippen LogP contribution in [0.3, 0.4) is 0 Å². The average Bonchev–Trinajstić information content (AvgIpc) is 2.81. The van der Waals surface area contributed by atoms with Crippen molar-refractivity contribution in [3.05, 3.63) is 52.5 Å². The molecule has 0 fully saturated rings. The van der Waals surface area contributed by atoms with Crippen molar-refractivity contribution in [2.24, 2.45) is 0 Å². The Morgan fingerprint density at radius 1 is 1.33 bits per heavy atom. The fourth-order valence-electron chi connectivity index (χ4n) is 1.86. The molecule has 0 aliphatic heterocycles. The molecule has 0 spiro atoms. The first-order valence-corrected chi connectivity index (χ1v) is 5.52. The zero-order valence-electron chi connectivity index (χ0n) is 10.3. The Morgan fingerprint density at radius 3 is 2.67 bits per heavy atom. The number of non-ortho nitro benzene ring substituents is 1.